The number of methoxy groups -OCH3 is 1. The lowest BCUT2D eigenvalue weighted by Crippen LogP contribution is -2.46. The highest BCUT2D eigenvalue weighted by Crippen LogP contribution is 2.11. The van der Waals surface area contributed by atoms with Crippen molar-refractivity contribution in [2.24, 2.45) is 0 Å². The maximum absolute atomic E-state index is 11.5. The van der Waals surface area contributed by atoms with E-state index in [9.17, 15) is 9.59 Å². The van der Waals surface area contributed by atoms with Crippen molar-refractivity contribution < 1.29 is 19.4 Å². The molecule has 0 aromatic heterocycles. The van der Waals surface area contributed by atoms with E-state index in [2.05, 4.69) is 5.32 Å². The second kappa shape index (κ2) is 4.97. The lowest BCUT2D eigenvalue weighted by atomic mass is 10.3. The van der Waals surface area contributed by atoms with Gasteiger partial charge in [-0.25, -0.2) is 4.79 Å². The van der Waals surface area contributed by atoms with Gasteiger partial charge < -0.3 is 20.1 Å². The predicted octanol–water partition coefficient (Wildman–Crippen LogP) is -0.110. The summed E-state index contributed by atoms with van der Waals surface area (Å²) in [6, 6.07) is -1.21. The zero-order chi connectivity index (χ0) is 11.4. The lowest BCUT2D eigenvalue weighted by Gasteiger charge is -2.18. The van der Waals surface area contributed by atoms with Crippen LogP contribution in [0.2, 0.25) is 0 Å². The third kappa shape index (κ3) is 3.09. The molecular weight excluding hydrogens is 200 g/mol. The van der Waals surface area contributed by atoms with Crippen molar-refractivity contribution in [2.45, 2.75) is 25.5 Å². The number of urea groups is 1. The number of aliphatic carboxylic acids is 1. The summed E-state index contributed by atoms with van der Waals surface area (Å²) in [5, 5.41) is 11.0. The van der Waals surface area contributed by atoms with E-state index >= 15 is 0 Å². The highest BCUT2D eigenvalue weighted by Gasteiger charge is 2.27. The van der Waals surface area contributed by atoms with Crippen LogP contribution in [0, 0.1) is 0 Å². The zero-order valence-electron chi connectivity index (χ0n) is 8.90. The number of nitrogens with one attached hydrogen (secondary N) is 1. The van der Waals surface area contributed by atoms with Gasteiger partial charge in [-0.3, -0.25) is 4.79 Å². The van der Waals surface area contributed by atoms with Crippen LogP contribution in [0.15, 0.2) is 0 Å². The first kappa shape index (κ1) is 11.8. The van der Waals surface area contributed by atoms with Crippen LogP contribution in [0.4, 0.5) is 4.79 Å². The molecule has 1 saturated heterocycles. The Morgan fingerprint density at radius 2 is 2.27 bits per heavy atom. The van der Waals surface area contributed by atoms with Crippen LogP contribution in [-0.2, 0) is 9.53 Å². The largest absolute Gasteiger partial charge is 0.480 e. The topological polar surface area (TPSA) is 78.9 Å². The van der Waals surface area contributed by atoms with Crippen LogP contribution in [0.25, 0.3) is 0 Å². The summed E-state index contributed by atoms with van der Waals surface area (Å²) in [5.74, 6) is -1.04. The predicted molar refractivity (Wildman–Crippen MR) is 52.6 cm³/mol. The minimum absolute atomic E-state index is 0.0656. The van der Waals surface area contributed by atoms with E-state index in [1.165, 1.54) is 6.92 Å². The molecule has 2 amide bonds. The van der Waals surface area contributed by atoms with Gasteiger partial charge in [0.2, 0.25) is 0 Å². The van der Waals surface area contributed by atoms with Crippen LogP contribution < -0.4 is 5.32 Å². The van der Waals surface area contributed by atoms with E-state index in [4.69, 9.17) is 9.84 Å². The van der Waals surface area contributed by atoms with Gasteiger partial charge in [0.15, 0.2) is 0 Å². The molecule has 0 bridgehead atoms. The first-order chi connectivity index (χ1) is 7.04. The number of ether oxygens (including phenoxy) is 1. The number of rotatable bonds is 3. The molecule has 2 N–H and O–H groups in total. The fraction of sp³-hybridized carbons (Fsp3) is 0.778. The molecule has 1 fully saturated rings. The smallest absolute Gasteiger partial charge is 0.325 e. The van der Waals surface area contributed by atoms with Crippen molar-refractivity contribution in [3.05, 3.63) is 0 Å². The van der Waals surface area contributed by atoms with Gasteiger partial charge in [-0.1, -0.05) is 0 Å². The van der Waals surface area contributed by atoms with E-state index in [1.54, 1.807) is 12.0 Å². The number of likely N-dealkylation sites (tertiary alicyclic amines) is 1. The molecule has 1 aliphatic heterocycles. The molecule has 6 heteroatoms. The van der Waals surface area contributed by atoms with Crippen molar-refractivity contribution in [3.8, 4) is 0 Å². The van der Waals surface area contributed by atoms with Gasteiger partial charge in [0.25, 0.3) is 0 Å². The molecule has 0 spiro atoms. The third-order valence-electron chi connectivity index (χ3n) is 2.48. The average Bonchev–Trinajstić information content (AvgIpc) is 2.65. The van der Waals surface area contributed by atoms with Crippen LogP contribution in [0.3, 0.4) is 0 Å². The van der Waals surface area contributed by atoms with Gasteiger partial charge in [-0.2, -0.15) is 0 Å². The molecule has 2 atom stereocenters. The maximum Gasteiger partial charge on any atom is 0.325 e. The number of carbonyl (C=O) groups excluding carboxylic acids is 1. The Balaban J connectivity index is 2.38. The monoisotopic (exact) mass is 216 g/mol. The Morgan fingerprint density at radius 3 is 2.73 bits per heavy atom. The molecule has 0 saturated carbocycles. The van der Waals surface area contributed by atoms with E-state index in [1.807, 2.05) is 0 Å². The van der Waals surface area contributed by atoms with Crippen LogP contribution in [0.5, 0.6) is 0 Å². The molecule has 0 aliphatic carbocycles. The number of hydrogen-bond donors (Lipinski definition) is 2. The third-order valence-corrected chi connectivity index (χ3v) is 2.48. The van der Waals surface area contributed by atoms with Crippen LogP contribution >= 0.6 is 0 Å². The molecule has 15 heavy (non-hydrogen) atoms. The SMILES string of the molecule is COC1CCN(C(=O)N[C@@H](C)C(=O)O)C1. The molecule has 0 aromatic carbocycles. The molecule has 6 nitrogen and oxygen atoms in total. The molecule has 0 radical (unpaired) electrons. The Bertz CT molecular complexity index is 256. The maximum atomic E-state index is 11.5. The highest BCUT2D eigenvalue weighted by molar-refractivity contribution is 5.82. The van der Waals surface area contributed by atoms with E-state index in [-0.39, 0.29) is 12.1 Å². The van der Waals surface area contributed by atoms with Gasteiger partial charge in [0.1, 0.15) is 6.04 Å². The van der Waals surface area contributed by atoms with E-state index in [0.29, 0.717) is 13.1 Å². The fourth-order valence-electron chi connectivity index (χ4n) is 1.44. The van der Waals surface area contributed by atoms with Crippen molar-refractivity contribution in [3.63, 3.8) is 0 Å². The molecule has 86 valence electrons. The van der Waals surface area contributed by atoms with Crippen LogP contribution in [0.1, 0.15) is 13.3 Å². The normalized spacial score (nSPS) is 22.5. The molecule has 0 aromatic rings. The first-order valence-electron chi connectivity index (χ1n) is 4.85. The quantitative estimate of drug-likeness (QED) is 0.690. The highest BCUT2D eigenvalue weighted by atomic mass is 16.5. The van der Waals surface area contributed by atoms with Gasteiger partial charge in [0.05, 0.1) is 6.10 Å². The van der Waals surface area contributed by atoms with Gasteiger partial charge >= 0.3 is 12.0 Å². The van der Waals surface area contributed by atoms with Gasteiger partial charge in [-0.15, -0.1) is 0 Å². The summed E-state index contributed by atoms with van der Waals surface area (Å²) in [6.07, 6.45) is 0.863. The second-order valence-electron chi connectivity index (χ2n) is 3.60. The van der Waals surface area contributed by atoms with Gasteiger partial charge in [-0.05, 0) is 13.3 Å². The Hall–Kier alpha value is -1.30. The molecule has 1 unspecified atom stereocenters. The first-order valence-corrected chi connectivity index (χ1v) is 4.85. The van der Waals surface area contributed by atoms with Crippen LogP contribution in [-0.4, -0.2) is 54.4 Å². The Morgan fingerprint density at radius 1 is 1.60 bits per heavy atom. The summed E-state index contributed by atoms with van der Waals surface area (Å²) >= 11 is 0. The standard InChI is InChI=1S/C9H16N2O4/c1-6(8(12)13)10-9(14)11-4-3-7(5-11)15-2/h6-7H,3-5H2,1-2H3,(H,10,14)(H,12,13)/t6-,7?/m0/s1. The Labute approximate surface area is 88.2 Å². The molecular formula is C9H16N2O4. The number of nitrogens with zero attached hydrogens (tertiary/aromatic N) is 1. The number of carboxylic acids is 1. The summed E-state index contributed by atoms with van der Waals surface area (Å²) in [7, 11) is 1.60. The van der Waals surface area contributed by atoms with Crippen molar-refractivity contribution in [2.75, 3.05) is 20.2 Å². The molecule has 1 heterocycles. The molecule has 1 rings (SSSR count). The minimum Gasteiger partial charge on any atom is -0.480 e. The second-order valence-corrected chi connectivity index (χ2v) is 3.60. The number of hydrogen-bond acceptors (Lipinski definition) is 3. The van der Waals surface area contributed by atoms with E-state index in [0.717, 1.165) is 6.42 Å². The lowest BCUT2D eigenvalue weighted by molar-refractivity contribution is -0.138. The van der Waals surface area contributed by atoms with Crippen molar-refractivity contribution in [1.29, 1.82) is 0 Å². The van der Waals surface area contributed by atoms with Crippen molar-refractivity contribution >= 4 is 12.0 Å². The zero-order valence-corrected chi connectivity index (χ0v) is 8.90. The summed E-state index contributed by atoms with van der Waals surface area (Å²) in [6.45, 7) is 2.56. The average molecular weight is 216 g/mol. The summed E-state index contributed by atoms with van der Waals surface area (Å²) < 4.78 is 5.11. The number of amides is 2. The number of carboxylic acid groups (broad SMARTS) is 1. The summed E-state index contributed by atoms with van der Waals surface area (Å²) in [4.78, 5) is 23.6. The molecule has 1 aliphatic rings. The number of carbonyl (C=O) groups is 2. The fourth-order valence-corrected chi connectivity index (χ4v) is 1.44. The summed E-state index contributed by atoms with van der Waals surface area (Å²) in [5.41, 5.74) is 0. The van der Waals surface area contributed by atoms with Crippen molar-refractivity contribution in [1.82, 2.24) is 10.2 Å². The Kier molecular flexibility index (Phi) is 3.90. The van der Waals surface area contributed by atoms with Gasteiger partial charge in [0, 0.05) is 20.2 Å². The van der Waals surface area contributed by atoms with E-state index < -0.39 is 12.0 Å². The minimum atomic E-state index is -1.04.